The van der Waals surface area contributed by atoms with Crippen LogP contribution in [0.2, 0.25) is 0 Å². The van der Waals surface area contributed by atoms with Gasteiger partial charge in [-0.25, -0.2) is 0 Å². The second-order valence-electron chi connectivity index (χ2n) is 4.39. The molecule has 0 saturated carbocycles. The lowest BCUT2D eigenvalue weighted by Crippen LogP contribution is -2.01. The summed E-state index contributed by atoms with van der Waals surface area (Å²) in [6.45, 7) is 2.18. The Morgan fingerprint density at radius 1 is 1.41 bits per heavy atom. The first-order chi connectivity index (χ1) is 8.24. The van der Waals surface area contributed by atoms with Crippen molar-refractivity contribution in [3.8, 4) is 0 Å². The Kier molecular flexibility index (Phi) is 3.64. The van der Waals surface area contributed by atoms with Crippen LogP contribution >= 0.6 is 0 Å². The van der Waals surface area contributed by atoms with Gasteiger partial charge >= 0.3 is 0 Å². The van der Waals surface area contributed by atoms with Crippen molar-refractivity contribution in [1.29, 1.82) is 0 Å². The molecule has 2 heteroatoms. The van der Waals surface area contributed by atoms with Gasteiger partial charge in [0.2, 0.25) is 0 Å². The lowest BCUT2D eigenvalue weighted by atomic mass is 9.94. The largest absolute Gasteiger partial charge is 0.496 e. The second-order valence-corrected chi connectivity index (χ2v) is 4.39. The molecule has 2 aliphatic rings. The summed E-state index contributed by atoms with van der Waals surface area (Å²) in [5.41, 5.74) is 3.28. The van der Waals surface area contributed by atoms with Crippen LogP contribution in [-0.4, -0.2) is 18.8 Å². The fraction of sp³-hybridized carbons (Fsp3) is 0.333. The zero-order chi connectivity index (χ0) is 12.3. The summed E-state index contributed by atoms with van der Waals surface area (Å²) < 4.78 is 5.33. The van der Waals surface area contributed by atoms with Gasteiger partial charge in [0.25, 0.3) is 0 Å². The van der Waals surface area contributed by atoms with Crippen LogP contribution in [0, 0.1) is 5.92 Å². The normalized spacial score (nSPS) is 29.7. The number of ether oxygens (including phenoxy) is 1. The molecule has 0 radical (unpaired) electrons. The van der Waals surface area contributed by atoms with Gasteiger partial charge in [0.1, 0.15) is 5.76 Å². The number of methoxy groups -OCH3 is 1. The molecule has 1 atom stereocenters. The summed E-state index contributed by atoms with van der Waals surface area (Å²) in [4.78, 5) is 0. The third-order valence-corrected chi connectivity index (χ3v) is 3.10. The van der Waals surface area contributed by atoms with E-state index in [1.807, 2.05) is 6.08 Å². The minimum Gasteiger partial charge on any atom is -0.496 e. The number of aliphatic hydroxyl groups excluding tert-OH is 1. The average Bonchev–Trinajstić information content (AvgIpc) is 2.47. The van der Waals surface area contributed by atoms with E-state index < -0.39 is 0 Å². The lowest BCUT2D eigenvalue weighted by molar-refractivity contribution is 0.282. The summed E-state index contributed by atoms with van der Waals surface area (Å²) in [7, 11) is 1.64. The van der Waals surface area contributed by atoms with E-state index >= 15 is 0 Å². The Morgan fingerprint density at radius 2 is 2.24 bits per heavy atom. The van der Waals surface area contributed by atoms with Gasteiger partial charge in [0.05, 0.1) is 13.7 Å². The zero-order valence-electron chi connectivity index (χ0n) is 10.3. The molecule has 0 aromatic heterocycles. The van der Waals surface area contributed by atoms with Crippen LogP contribution < -0.4 is 0 Å². The molecule has 0 fully saturated rings. The number of fused-ring (bicyclic) bond motifs is 2. The zero-order valence-corrected chi connectivity index (χ0v) is 10.3. The van der Waals surface area contributed by atoms with Crippen LogP contribution in [0.15, 0.2) is 58.9 Å². The fourth-order valence-electron chi connectivity index (χ4n) is 2.21. The Morgan fingerprint density at radius 3 is 2.94 bits per heavy atom. The van der Waals surface area contributed by atoms with Gasteiger partial charge in [-0.15, -0.1) is 0 Å². The molecule has 1 unspecified atom stereocenters. The molecular weight excluding hydrogens is 212 g/mol. The predicted molar refractivity (Wildman–Crippen MR) is 69.3 cm³/mol. The van der Waals surface area contributed by atoms with Gasteiger partial charge in [0.15, 0.2) is 0 Å². The average molecular weight is 230 g/mol. The predicted octanol–water partition coefficient (Wildman–Crippen LogP) is 2.90. The number of hydrogen-bond donors (Lipinski definition) is 1. The van der Waals surface area contributed by atoms with E-state index in [0.717, 1.165) is 23.3 Å². The minimum atomic E-state index is 0.00994. The molecule has 0 aliphatic heterocycles. The summed E-state index contributed by atoms with van der Waals surface area (Å²) in [6, 6.07) is 0. The van der Waals surface area contributed by atoms with E-state index in [0.29, 0.717) is 5.92 Å². The first-order valence-electron chi connectivity index (χ1n) is 5.89. The van der Waals surface area contributed by atoms with Crippen molar-refractivity contribution in [3.63, 3.8) is 0 Å². The lowest BCUT2D eigenvalue weighted by Gasteiger charge is -2.13. The number of hydrogen-bond acceptors (Lipinski definition) is 2. The maximum Gasteiger partial charge on any atom is 0.124 e. The molecule has 0 aromatic carbocycles. The Balaban J connectivity index is 2.51. The van der Waals surface area contributed by atoms with E-state index in [1.165, 1.54) is 5.57 Å². The van der Waals surface area contributed by atoms with Crippen molar-refractivity contribution in [2.24, 2.45) is 5.92 Å². The number of aliphatic hydroxyl groups is 1. The Labute approximate surface area is 102 Å². The summed E-state index contributed by atoms with van der Waals surface area (Å²) in [5, 5.41) is 9.49. The highest BCUT2D eigenvalue weighted by molar-refractivity contribution is 5.48. The van der Waals surface area contributed by atoms with Crippen LogP contribution in [0.25, 0.3) is 0 Å². The van der Waals surface area contributed by atoms with Gasteiger partial charge in [0, 0.05) is 5.57 Å². The summed E-state index contributed by atoms with van der Waals surface area (Å²) in [6.07, 6.45) is 13.4. The quantitative estimate of drug-likeness (QED) is 0.790. The maximum atomic E-state index is 9.49. The molecule has 1 N–H and O–H groups in total. The molecule has 0 spiro atoms. The fourth-order valence-corrected chi connectivity index (χ4v) is 2.21. The minimum absolute atomic E-state index is 0.00994. The van der Waals surface area contributed by atoms with Gasteiger partial charge in [-0.2, -0.15) is 0 Å². The van der Waals surface area contributed by atoms with Crippen molar-refractivity contribution in [1.82, 2.24) is 0 Å². The number of allylic oxidation sites excluding steroid dienone is 7. The second kappa shape index (κ2) is 5.19. The topological polar surface area (TPSA) is 29.5 Å². The molecule has 0 aromatic rings. The van der Waals surface area contributed by atoms with Crippen molar-refractivity contribution < 1.29 is 9.84 Å². The molecule has 2 nitrogen and oxygen atoms in total. The van der Waals surface area contributed by atoms with Crippen LogP contribution in [0.5, 0.6) is 0 Å². The van der Waals surface area contributed by atoms with E-state index in [1.54, 1.807) is 7.11 Å². The van der Waals surface area contributed by atoms with Crippen LogP contribution in [0.3, 0.4) is 0 Å². The molecule has 17 heavy (non-hydrogen) atoms. The van der Waals surface area contributed by atoms with Gasteiger partial charge in [-0.1, -0.05) is 37.3 Å². The molecule has 2 aliphatic carbocycles. The van der Waals surface area contributed by atoms with E-state index in [4.69, 9.17) is 4.74 Å². The van der Waals surface area contributed by atoms with Crippen molar-refractivity contribution in [2.75, 3.05) is 13.7 Å². The highest BCUT2D eigenvalue weighted by Crippen LogP contribution is 2.29. The third-order valence-electron chi connectivity index (χ3n) is 3.10. The van der Waals surface area contributed by atoms with Gasteiger partial charge < -0.3 is 9.84 Å². The Hall–Kier alpha value is -1.54. The molecular formula is C15H18O2. The molecule has 2 rings (SSSR count). The molecule has 0 amide bonds. The van der Waals surface area contributed by atoms with E-state index in [2.05, 4.69) is 37.3 Å². The summed E-state index contributed by atoms with van der Waals surface area (Å²) >= 11 is 0. The monoisotopic (exact) mass is 230 g/mol. The van der Waals surface area contributed by atoms with E-state index in [-0.39, 0.29) is 6.61 Å². The van der Waals surface area contributed by atoms with Gasteiger partial charge in [-0.3, -0.25) is 0 Å². The van der Waals surface area contributed by atoms with Crippen LogP contribution in [-0.2, 0) is 4.74 Å². The molecule has 0 saturated heterocycles. The SMILES string of the molecule is COC1=C(CO)/C2=C/C=CC(C)/C=C(/C=C1)C2. The smallest absolute Gasteiger partial charge is 0.124 e. The summed E-state index contributed by atoms with van der Waals surface area (Å²) in [5.74, 6) is 1.19. The molecule has 90 valence electrons. The van der Waals surface area contributed by atoms with Gasteiger partial charge in [-0.05, 0) is 29.6 Å². The van der Waals surface area contributed by atoms with Crippen molar-refractivity contribution >= 4 is 0 Å². The molecule has 0 heterocycles. The maximum absolute atomic E-state index is 9.49. The number of rotatable bonds is 2. The highest BCUT2D eigenvalue weighted by Gasteiger charge is 2.15. The Bertz CT molecular complexity index is 448. The third kappa shape index (κ3) is 2.59. The standard InChI is InChI=1S/C15H18O2/c1-11-4-3-5-13-9-12(8-11)6-7-15(17-2)14(13)10-16/h3-8,11,16H,9-10H2,1-2H3/b4-3?,12-8-,13-5+. The first kappa shape index (κ1) is 11.9. The van der Waals surface area contributed by atoms with Crippen LogP contribution in [0.4, 0.5) is 0 Å². The van der Waals surface area contributed by atoms with E-state index in [9.17, 15) is 5.11 Å². The van der Waals surface area contributed by atoms with Crippen molar-refractivity contribution in [3.05, 3.63) is 58.9 Å². The van der Waals surface area contributed by atoms with Crippen molar-refractivity contribution in [2.45, 2.75) is 13.3 Å². The highest BCUT2D eigenvalue weighted by atomic mass is 16.5. The van der Waals surface area contributed by atoms with Crippen LogP contribution in [0.1, 0.15) is 13.3 Å². The molecule has 2 bridgehead atoms. The first-order valence-corrected chi connectivity index (χ1v) is 5.89.